The van der Waals surface area contributed by atoms with Crippen LogP contribution in [0, 0.1) is 59.2 Å². The minimum Gasteiger partial charge on any atom is -0.481 e. The third-order valence-electron chi connectivity index (χ3n) is 11.1. The first-order valence-electron chi connectivity index (χ1n) is 15.2. The van der Waals surface area contributed by atoms with Gasteiger partial charge in [-0.3, -0.25) is 19.2 Å². The molecule has 0 spiro atoms. The molecular weight excluding hydrogens is 496 g/mol. The fourth-order valence-electron chi connectivity index (χ4n) is 9.18. The topological polar surface area (TPSA) is 133 Å². The van der Waals surface area contributed by atoms with E-state index in [2.05, 4.69) is 10.6 Å². The number of rotatable bonds is 8. The Kier molecular flexibility index (Phi) is 7.32. The zero-order valence-corrected chi connectivity index (χ0v) is 22.5. The number of carbonyl (C=O) groups excluding carboxylic acids is 2. The van der Waals surface area contributed by atoms with Gasteiger partial charge in [0.05, 0.1) is 23.7 Å². The first-order valence-corrected chi connectivity index (χ1v) is 15.2. The van der Waals surface area contributed by atoms with Gasteiger partial charge in [-0.15, -0.1) is 0 Å². The van der Waals surface area contributed by atoms with E-state index in [1.165, 1.54) is 6.42 Å². The monoisotopic (exact) mass is 538 g/mol. The Bertz CT molecular complexity index is 971. The van der Waals surface area contributed by atoms with E-state index >= 15 is 0 Å². The number of hydrogen-bond acceptors (Lipinski definition) is 4. The largest absolute Gasteiger partial charge is 0.481 e. The molecule has 0 aromatic heterocycles. The molecule has 8 atom stereocenters. The van der Waals surface area contributed by atoms with E-state index in [9.17, 15) is 29.4 Å². The van der Waals surface area contributed by atoms with Gasteiger partial charge in [0.1, 0.15) is 0 Å². The minimum absolute atomic E-state index is 0.000903. The van der Waals surface area contributed by atoms with Crippen LogP contribution >= 0.6 is 0 Å². The number of carbonyl (C=O) groups is 4. The second kappa shape index (κ2) is 10.7. The van der Waals surface area contributed by atoms with Crippen LogP contribution < -0.4 is 10.6 Å². The average molecular weight is 539 g/mol. The van der Waals surface area contributed by atoms with Crippen molar-refractivity contribution >= 4 is 23.8 Å². The molecule has 6 rings (SSSR count). The maximum atomic E-state index is 13.0. The van der Waals surface area contributed by atoms with Crippen molar-refractivity contribution in [3.8, 4) is 0 Å². The number of carboxylic acids is 2. The van der Waals surface area contributed by atoms with Crippen molar-refractivity contribution in [2.24, 2.45) is 59.2 Å². The minimum atomic E-state index is -0.850. The second-order valence-corrected chi connectivity index (χ2v) is 13.4. The Morgan fingerprint density at radius 2 is 0.872 bits per heavy atom. The molecule has 0 radical (unpaired) electrons. The van der Waals surface area contributed by atoms with Crippen molar-refractivity contribution in [2.45, 2.75) is 82.7 Å². The van der Waals surface area contributed by atoms with E-state index in [0.29, 0.717) is 11.8 Å². The van der Waals surface area contributed by atoms with E-state index < -0.39 is 35.6 Å². The summed E-state index contributed by atoms with van der Waals surface area (Å²) in [4.78, 5) is 49.6. The Morgan fingerprint density at radius 1 is 0.538 bits per heavy atom. The molecule has 0 aromatic rings. The third kappa shape index (κ3) is 5.16. The molecule has 6 aliphatic rings. The highest BCUT2D eigenvalue weighted by atomic mass is 16.4. The van der Waals surface area contributed by atoms with E-state index in [1.807, 2.05) is 24.3 Å². The first kappa shape index (κ1) is 26.6. The van der Waals surface area contributed by atoms with Crippen molar-refractivity contribution < 1.29 is 29.4 Å². The molecule has 0 aromatic carbocycles. The van der Waals surface area contributed by atoms with Crippen LogP contribution in [0.2, 0.25) is 0 Å². The summed E-state index contributed by atoms with van der Waals surface area (Å²) in [6.45, 7) is 0. The molecule has 4 N–H and O–H groups in total. The molecule has 2 amide bonds. The van der Waals surface area contributed by atoms with E-state index in [1.54, 1.807) is 0 Å². The van der Waals surface area contributed by atoms with Gasteiger partial charge in [0.25, 0.3) is 0 Å². The van der Waals surface area contributed by atoms with Crippen LogP contribution in [0.4, 0.5) is 0 Å². The highest BCUT2D eigenvalue weighted by Crippen LogP contribution is 2.49. The van der Waals surface area contributed by atoms with Crippen LogP contribution in [0.1, 0.15) is 70.6 Å². The van der Waals surface area contributed by atoms with Gasteiger partial charge in [0.2, 0.25) is 11.8 Å². The summed E-state index contributed by atoms with van der Waals surface area (Å²) in [7, 11) is 0. The molecular formula is C31H42N2O6. The molecule has 0 aliphatic heterocycles. The van der Waals surface area contributed by atoms with Crippen LogP contribution in [-0.4, -0.2) is 46.0 Å². The van der Waals surface area contributed by atoms with E-state index in [0.717, 1.165) is 64.2 Å². The molecule has 4 fully saturated rings. The second-order valence-electron chi connectivity index (χ2n) is 13.4. The number of aliphatic carboxylic acids is 2. The summed E-state index contributed by atoms with van der Waals surface area (Å²) >= 11 is 0. The summed E-state index contributed by atoms with van der Waals surface area (Å²) < 4.78 is 0. The molecule has 4 bridgehead atoms. The van der Waals surface area contributed by atoms with Gasteiger partial charge in [-0.2, -0.15) is 0 Å². The summed E-state index contributed by atoms with van der Waals surface area (Å²) in [6, 6.07) is 0.292. The zero-order chi connectivity index (χ0) is 27.3. The molecule has 8 nitrogen and oxygen atoms in total. The third-order valence-corrected chi connectivity index (χ3v) is 11.1. The van der Waals surface area contributed by atoms with Gasteiger partial charge >= 0.3 is 11.9 Å². The number of fused-ring (bicyclic) bond motifs is 4. The van der Waals surface area contributed by atoms with Crippen molar-refractivity contribution in [3.63, 3.8) is 0 Å². The number of nitrogens with one attached hydrogen (secondary N) is 2. The summed E-state index contributed by atoms with van der Waals surface area (Å²) in [5.41, 5.74) is 0. The molecule has 0 unspecified atom stereocenters. The Hall–Kier alpha value is -2.64. The van der Waals surface area contributed by atoms with Gasteiger partial charge in [0, 0.05) is 12.1 Å². The lowest BCUT2D eigenvalue weighted by Crippen LogP contribution is -2.46. The van der Waals surface area contributed by atoms with E-state index in [-0.39, 0.29) is 47.6 Å². The van der Waals surface area contributed by atoms with Crippen molar-refractivity contribution in [2.75, 3.05) is 0 Å². The van der Waals surface area contributed by atoms with Crippen LogP contribution in [0.25, 0.3) is 0 Å². The normalized spacial score (nSPS) is 43.9. The number of hydrogen-bond donors (Lipinski definition) is 4. The summed E-state index contributed by atoms with van der Waals surface area (Å²) in [6.07, 6.45) is 19.0. The average Bonchev–Trinajstić information content (AvgIpc) is 3.71. The fourth-order valence-corrected chi connectivity index (χ4v) is 9.18. The van der Waals surface area contributed by atoms with Gasteiger partial charge in [-0.25, -0.2) is 0 Å². The SMILES string of the molecule is O=C(O)[C@@H]1[C@H](C(=O)NC2CCC(CC3CCC(NC(=O)[C@H]4[C@@H](C(=O)O)[C@H]5C=C[C@H]4C5)CC3)CC2)[C@H]2C=C[C@H]1C2. The molecule has 6 aliphatic carbocycles. The Labute approximate surface area is 230 Å². The number of carboxylic acid groups (broad SMARTS) is 2. The van der Waals surface area contributed by atoms with E-state index in [4.69, 9.17) is 0 Å². The Morgan fingerprint density at radius 3 is 1.21 bits per heavy atom. The number of amides is 2. The van der Waals surface area contributed by atoms with Crippen molar-refractivity contribution in [1.82, 2.24) is 10.6 Å². The first-order chi connectivity index (χ1) is 18.8. The quantitative estimate of drug-likeness (QED) is 0.348. The fraction of sp³-hybridized carbons (Fsp3) is 0.742. The van der Waals surface area contributed by atoms with Gasteiger partial charge in [-0.05, 0) is 106 Å². The van der Waals surface area contributed by atoms with Crippen LogP contribution in [0.5, 0.6) is 0 Å². The standard InChI is InChI=1S/C31H42N2O6/c34-28(24-18-5-7-20(14-18)26(24)30(36)37)32-22-9-1-16(2-10-22)13-17-3-11-23(12-4-17)33-29(35)25-19-6-8-21(15-19)27(25)31(38)39/h5-8,16-27H,1-4,9-15H2,(H,32,34)(H,33,35)(H,36,37)(H,38,39)/t16?,17?,18-,19-,20-,21-,22?,23?,24+,25+,26-,27-/m0/s1. The van der Waals surface area contributed by atoms with Crippen LogP contribution in [0.15, 0.2) is 24.3 Å². The highest BCUT2D eigenvalue weighted by molar-refractivity contribution is 5.87. The molecule has 8 heteroatoms. The Balaban J connectivity index is 0.912. The summed E-state index contributed by atoms with van der Waals surface area (Å²) in [5.74, 6) is -2.42. The smallest absolute Gasteiger partial charge is 0.307 e. The predicted molar refractivity (Wildman–Crippen MR) is 143 cm³/mol. The molecule has 4 saturated carbocycles. The molecule has 212 valence electrons. The summed E-state index contributed by atoms with van der Waals surface area (Å²) in [5, 5.41) is 25.7. The molecule has 39 heavy (non-hydrogen) atoms. The van der Waals surface area contributed by atoms with Crippen LogP contribution in [0.3, 0.4) is 0 Å². The van der Waals surface area contributed by atoms with Crippen molar-refractivity contribution in [1.29, 1.82) is 0 Å². The maximum absolute atomic E-state index is 13.0. The predicted octanol–water partition coefficient (Wildman–Crippen LogP) is 3.77. The lowest BCUT2D eigenvalue weighted by molar-refractivity contribution is -0.148. The molecule has 0 heterocycles. The zero-order valence-electron chi connectivity index (χ0n) is 22.5. The van der Waals surface area contributed by atoms with Gasteiger partial charge in [-0.1, -0.05) is 24.3 Å². The lowest BCUT2D eigenvalue weighted by atomic mass is 9.75. The number of allylic oxidation sites excluding steroid dienone is 4. The maximum Gasteiger partial charge on any atom is 0.307 e. The van der Waals surface area contributed by atoms with Crippen molar-refractivity contribution in [3.05, 3.63) is 24.3 Å². The van der Waals surface area contributed by atoms with Gasteiger partial charge < -0.3 is 20.8 Å². The lowest BCUT2D eigenvalue weighted by Gasteiger charge is -2.35. The van der Waals surface area contributed by atoms with Gasteiger partial charge in [0.15, 0.2) is 0 Å². The van der Waals surface area contributed by atoms with Crippen LogP contribution in [-0.2, 0) is 19.2 Å². The molecule has 0 saturated heterocycles. The highest BCUT2D eigenvalue weighted by Gasteiger charge is 2.53.